The monoisotopic (exact) mass is 384 g/mol. The van der Waals surface area contributed by atoms with Gasteiger partial charge in [-0.1, -0.05) is 37.6 Å². The van der Waals surface area contributed by atoms with Gasteiger partial charge in [0.05, 0.1) is 10.6 Å². The number of rotatable bonds is 5. The first-order chi connectivity index (χ1) is 12.9. The fraction of sp³-hybridized carbons (Fsp3) is 0.150. The zero-order chi connectivity index (χ0) is 19.4. The molecular weight excluding hydrogens is 367 g/mol. The summed E-state index contributed by atoms with van der Waals surface area (Å²) < 4.78 is 13.2. The smallest absolute Gasteiger partial charge is 0.258 e. The lowest BCUT2D eigenvalue weighted by atomic mass is 10.0. The summed E-state index contributed by atoms with van der Waals surface area (Å²) in [6, 6.07) is 12.0. The van der Waals surface area contributed by atoms with Crippen LogP contribution in [0.15, 0.2) is 54.9 Å². The number of carbonyl (C=O) groups excluding carboxylic acids is 1. The van der Waals surface area contributed by atoms with Crippen LogP contribution in [-0.4, -0.2) is 15.9 Å². The number of halogens is 2. The van der Waals surface area contributed by atoms with Crippen LogP contribution < -0.4 is 10.6 Å². The quantitative estimate of drug-likeness (QED) is 0.619. The number of amides is 1. The van der Waals surface area contributed by atoms with Crippen LogP contribution in [0.1, 0.15) is 35.7 Å². The number of carbonyl (C=O) groups is 1. The zero-order valence-electron chi connectivity index (χ0n) is 14.8. The van der Waals surface area contributed by atoms with Crippen molar-refractivity contribution in [2.75, 3.05) is 10.6 Å². The Morgan fingerprint density at radius 3 is 2.26 bits per heavy atom. The van der Waals surface area contributed by atoms with Crippen molar-refractivity contribution < 1.29 is 9.18 Å². The summed E-state index contributed by atoms with van der Waals surface area (Å²) in [6.07, 6.45) is 2.83. The SMILES string of the molecule is CC(C)c1ccc(Nc2ncc(C(=O)Nc3ccc(F)c(Cl)c3)cn2)cc1. The van der Waals surface area contributed by atoms with Crippen LogP contribution >= 0.6 is 11.6 Å². The van der Waals surface area contributed by atoms with Gasteiger partial charge in [-0.2, -0.15) is 0 Å². The van der Waals surface area contributed by atoms with E-state index in [1.54, 1.807) is 0 Å². The van der Waals surface area contributed by atoms with Crippen molar-refractivity contribution in [1.29, 1.82) is 0 Å². The molecule has 5 nitrogen and oxygen atoms in total. The van der Waals surface area contributed by atoms with Gasteiger partial charge in [0.25, 0.3) is 5.91 Å². The summed E-state index contributed by atoms with van der Waals surface area (Å²) in [5.41, 5.74) is 2.77. The van der Waals surface area contributed by atoms with E-state index in [2.05, 4.69) is 34.4 Å². The summed E-state index contributed by atoms with van der Waals surface area (Å²) in [5.74, 6) is -0.113. The number of hydrogen-bond donors (Lipinski definition) is 2. The second kappa shape index (κ2) is 8.14. The third-order valence-corrected chi connectivity index (χ3v) is 4.21. The number of nitrogens with one attached hydrogen (secondary N) is 2. The molecule has 1 aromatic heterocycles. The number of anilines is 3. The Hall–Kier alpha value is -2.99. The van der Waals surface area contributed by atoms with Crippen LogP contribution in [-0.2, 0) is 0 Å². The highest BCUT2D eigenvalue weighted by atomic mass is 35.5. The van der Waals surface area contributed by atoms with E-state index in [4.69, 9.17) is 11.6 Å². The number of aromatic nitrogens is 2. The molecule has 0 saturated heterocycles. The minimum atomic E-state index is -0.546. The van der Waals surface area contributed by atoms with Crippen LogP contribution in [0.5, 0.6) is 0 Å². The maximum Gasteiger partial charge on any atom is 0.258 e. The molecule has 0 radical (unpaired) electrons. The Labute approximate surface area is 161 Å². The van der Waals surface area contributed by atoms with E-state index in [9.17, 15) is 9.18 Å². The second-order valence-corrected chi connectivity index (χ2v) is 6.69. The third-order valence-electron chi connectivity index (χ3n) is 3.92. The number of nitrogens with zero attached hydrogens (tertiary/aromatic N) is 2. The van der Waals surface area contributed by atoms with Crippen LogP contribution in [0.25, 0.3) is 0 Å². The van der Waals surface area contributed by atoms with Crippen molar-refractivity contribution in [3.63, 3.8) is 0 Å². The molecule has 27 heavy (non-hydrogen) atoms. The summed E-state index contributed by atoms with van der Waals surface area (Å²) in [4.78, 5) is 20.5. The average molecular weight is 385 g/mol. The Morgan fingerprint density at radius 1 is 1.04 bits per heavy atom. The fourth-order valence-electron chi connectivity index (χ4n) is 2.37. The predicted octanol–water partition coefficient (Wildman–Crippen LogP) is 5.39. The van der Waals surface area contributed by atoms with Gasteiger partial charge in [0.2, 0.25) is 5.95 Å². The third kappa shape index (κ3) is 4.80. The first-order valence-corrected chi connectivity index (χ1v) is 8.75. The van der Waals surface area contributed by atoms with E-state index >= 15 is 0 Å². The molecule has 0 aliphatic carbocycles. The zero-order valence-corrected chi connectivity index (χ0v) is 15.6. The van der Waals surface area contributed by atoms with E-state index in [0.29, 0.717) is 17.6 Å². The first-order valence-electron chi connectivity index (χ1n) is 8.38. The normalized spacial score (nSPS) is 10.7. The highest BCUT2D eigenvalue weighted by Gasteiger charge is 2.09. The maximum absolute atomic E-state index is 13.2. The number of hydrogen-bond acceptors (Lipinski definition) is 4. The van der Waals surface area contributed by atoms with Crippen LogP contribution in [0.3, 0.4) is 0 Å². The number of benzene rings is 2. The van der Waals surface area contributed by atoms with Crippen molar-refractivity contribution in [3.05, 3.63) is 76.8 Å². The lowest BCUT2D eigenvalue weighted by Crippen LogP contribution is -2.13. The van der Waals surface area contributed by atoms with E-state index in [1.165, 1.54) is 36.2 Å². The lowest BCUT2D eigenvalue weighted by molar-refractivity contribution is 0.102. The average Bonchev–Trinajstić information content (AvgIpc) is 2.66. The van der Waals surface area contributed by atoms with Crippen LogP contribution in [0.2, 0.25) is 5.02 Å². The topological polar surface area (TPSA) is 66.9 Å². The Morgan fingerprint density at radius 2 is 1.67 bits per heavy atom. The van der Waals surface area contributed by atoms with Crippen molar-refractivity contribution in [2.45, 2.75) is 19.8 Å². The van der Waals surface area contributed by atoms with Gasteiger partial charge in [-0.3, -0.25) is 4.79 Å². The van der Waals surface area contributed by atoms with Gasteiger partial charge < -0.3 is 10.6 Å². The van der Waals surface area contributed by atoms with Crippen molar-refractivity contribution in [3.8, 4) is 0 Å². The molecule has 3 aromatic rings. The Balaban J connectivity index is 1.65. The van der Waals surface area contributed by atoms with Crippen LogP contribution in [0.4, 0.5) is 21.7 Å². The Bertz CT molecular complexity index is 943. The molecule has 0 fully saturated rings. The van der Waals surface area contributed by atoms with Gasteiger partial charge in [0.15, 0.2) is 0 Å². The highest BCUT2D eigenvalue weighted by molar-refractivity contribution is 6.31. The fourth-order valence-corrected chi connectivity index (χ4v) is 2.55. The molecule has 0 unspecified atom stereocenters. The minimum Gasteiger partial charge on any atom is -0.324 e. The van der Waals surface area contributed by atoms with E-state index in [-0.39, 0.29) is 10.6 Å². The Kier molecular flexibility index (Phi) is 5.66. The molecule has 2 N–H and O–H groups in total. The largest absolute Gasteiger partial charge is 0.324 e. The molecule has 0 atom stereocenters. The van der Waals surface area contributed by atoms with Gasteiger partial charge in [-0.25, -0.2) is 14.4 Å². The molecule has 1 amide bonds. The molecular formula is C20H18ClFN4O. The predicted molar refractivity (Wildman–Crippen MR) is 105 cm³/mol. The summed E-state index contributed by atoms with van der Waals surface area (Å²) in [5, 5.41) is 5.65. The lowest BCUT2D eigenvalue weighted by Gasteiger charge is -2.09. The summed E-state index contributed by atoms with van der Waals surface area (Å²) >= 11 is 5.71. The van der Waals surface area contributed by atoms with Gasteiger partial charge in [0.1, 0.15) is 5.82 Å². The molecule has 3 rings (SSSR count). The van der Waals surface area contributed by atoms with Crippen molar-refractivity contribution in [1.82, 2.24) is 9.97 Å². The molecule has 0 saturated carbocycles. The van der Waals surface area contributed by atoms with Crippen LogP contribution in [0, 0.1) is 5.82 Å². The standard InChI is InChI=1S/C20H18ClFN4O/c1-12(2)13-3-5-15(6-4-13)26-20-23-10-14(11-24-20)19(27)25-16-7-8-18(22)17(21)9-16/h3-12H,1-2H3,(H,25,27)(H,23,24,26). The van der Waals surface area contributed by atoms with Gasteiger partial charge >= 0.3 is 0 Å². The van der Waals surface area contributed by atoms with E-state index < -0.39 is 11.7 Å². The highest BCUT2D eigenvalue weighted by Crippen LogP contribution is 2.21. The molecule has 0 spiro atoms. The summed E-state index contributed by atoms with van der Waals surface area (Å²) in [6.45, 7) is 4.27. The molecule has 138 valence electrons. The molecule has 0 aliphatic heterocycles. The minimum absolute atomic E-state index is 0.0629. The van der Waals surface area contributed by atoms with Crippen molar-refractivity contribution >= 4 is 34.8 Å². The summed E-state index contributed by atoms with van der Waals surface area (Å²) in [7, 11) is 0. The molecule has 1 heterocycles. The van der Waals surface area contributed by atoms with Gasteiger partial charge in [0, 0.05) is 23.8 Å². The van der Waals surface area contributed by atoms with Gasteiger partial charge in [-0.05, 0) is 41.8 Å². The molecule has 7 heteroatoms. The molecule has 2 aromatic carbocycles. The second-order valence-electron chi connectivity index (χ2n) is 6.28. The molecule has 0 bridgehead atoms. The van der Waals surface area contributed by atoms with E-state index in [1.807, 2.05) is 24.3 Å². The maximum atomic E-state index is 13.2. The first kappa shape index (κ1) is 18.8. The van der Waals surface area contributed by atoms with E-state index in [0.717, 1.165) is 5.69 Å². The van der Waals surface area contributed by atoms with Gasteiger partial charge in [-0.15, -0.1) is 0 Å². The molecule has 0 aliphatic rings. The van der Waals surface area contributed by atoms with Crippen molar-refractivity contribution in [2.24, 2.45) is 0 Å².